The lowest BCUT2D eigenvalue weighted by molar-refractivity contribution is -0.140. The van der Waals surface area contributed by atoms with Crippen molar-refractivity contribution >= 4 is 11.7 Å². The van der Waals surface area contributed by atoms with Gasteiger partial charge in [0.15, 0.2) is 5.69 Å². The van der Waals surface area contributed by atoms with Crippen molar-refractivity contribution in [3.8, 4) is 11.1 Å². The number of rotatable bonds is 3. The summed E-state index contributed by atoms with van der Waals surface area (Å²) in [6.45, 7) is 0. The van der Waals surface area contributed by atoms with Crippen LogP contribution in [-0.4, -0.2) is 15.7 Å². The number of carbonyl (C=O) groups excluding carboxylic acids is 1. The maximum Gasteiger partial charge on any atom is 0.435 e. The van der Waals surface area contributed by atoms with E-state index in [9.17, 15) is 22.4 Å². The van der Waals surface area contributed by atoms with Crippen molar-refractivity contribution in [2.75, 3.05) is 5.32 Å². The first-order valence-corrected chi connectivity index (χ1v) is 7.54. The average molecular weight is 363 g/mol. The van der Waals surface area contributed by atoms with Crippen molar-refractivity contribution in [3.63, 3.8) is 0 Å². The number of anilines is 1. The fraction of sp³-hybridized carbons (Fsp3) is 0.111. The molecule has 0 spiro atoms. The van der Waals surface area contributed by atoms with Gasteiger partial charge in [0.1, 0.15) is 11.6 Å². The van der Waals surface area contributed by atoms with Crippen LogP contribution in [0.25, 0.3) is 11.1 Å². The van der Waals surface area contributed by atoms with E-state index in [1.807, 2.05) is 0 Å². The Bertz CT molecular complexity index is 932. The standard InChI is InChI=1S/C18H13F4N3O/c1-25-16(23-17(26)12-5-3-2-4-6-12)14(15(24-25)18(20,21)22)11-7-9-13(19)10-8-11/h2-10H,1H3,(H,23,26). The predicted octanol–water partition coefficient (Wildman–Crippen LogP) is 4.50. The number of nitrogens with one attached hydrogen (secondary N) is 1. The quantitative estimate of drug-likeness (QED) is 0.697. The average Bonchev–Trinajstić information content (AvgIpc) is 2.93. The molecule has 0 bridgehead atoms. The summed E-state index contributed by atoms with van der Waals surface area (Å²) in [5.74, 6) is -1.29. The molecule has 2 aromatic carbocycles. The Hall–Kier alpha value is -3.16. The highest BCUT2D eigenvalue weighted by molar-refractivity contribution is 6.05. The van der Waals surface area contributed by atoms with Crippen molar-refractivity contribution in [2.24, 2.45) is 7.05 Å². The van der Waals surface area contributed by atoms with Gasteiger partial charge in [0.2, 0.25) is 0 Å². The Morgan fingerprint density at radius 2 is 1.65 bits per heavy atom. The summed E-state index contributed by atoms with van der Waals surface area (Å²) >= 11 is 0. The highest BCUT2D eigenvalue weighted by Crippen LogP contribution is 2.40. The topological polar surface area (TPSA) is 46.9 Å². The zero-order valence-electron chi connectivity index (χ0n) is 13.5. The van der Waals surface area contributed by atoms with E-state index in [2.05, 4.69) is 10.4 Å². The van der Waals surface area contributed by atoms with Gasteiger partial charge in [0.05, 0.1) is 5.56 Å². The van der Waals surface area contributed by atoms with Gasteiger partial charge in [-0.3, -0.25) is 9.48 Å². The highest BCUT2D eigenvalue weighted by atomic mass is 19.4. The van der Waals surface area contributed by atoms with Gasteiger partial charge in [-0.15, -0.1) is 0 Å². The third-order valence-electron chi connectivity index (χ3n) is 3.72. The van der Waals surface area contributed by atoms with Crippen LogP contribution in [0, 0.1) is 5.82 Å². The van der Waals surface area contributed by atoms with E-state index in [1.165, 1.54) is 31.3 Å². The molecule has 0 aliphatic rings. The van der Waals surface area contributed by atoms with Crippen LogP contribution in [0.1, 0.15) is 16.1 Å². The molecule has 3 rings (SSSR count). The Labute approximate surface area is 146 Å². The van der Waals surface area contributed by atoms with Gasteiger partial charge in [0.25, 0.3) is 5.91 Å². The minimum atomic E-state index is -4.74. The van der Waals surface area contributed by atoms with Crippen molar-refractivity contribution in [1.82, 2.24) is 9.78 Å². The van der Waals surface area contributed by atoms with Crippen molar-refractivity contribution in [2.45, 2.75) is 6.18 Å². The lowest BCUT2D eigenvalue weighted by Crippen LogP contribution is -2.15. The first-order valence-electron chi connectivity index (χ1n) is 7.54. The lowest BCUT2D eigenvalue weighted by Gasteiger charge is -2.10. The summed E-state index contributed by atoms with van der Waals surface area (Å²) in [7, 11) is 1.29. The molecule has 8 heteroatoms. The van der Waals surface area contributed by atoms with E-state index >= 15 is 0 Å². The third kappa shape index (κ3) is 3.44. The van der Waals surface area contributed by atoms with Gasteiger partial charge >= 0.3 is 6.18 Å². The van der Waals surface area contributed by atoms with Gasteiger partial charge in [0, 0.05) is 12.6 Å². The number of aromatic nitrogens is 2. The molecular weight excluding hydrogens is 350 g/mol. The lowest BCUT2D eigenvalue weighted by atomic mass is 10.0. The number of carbonyl (C=O) groups is 1. The number of alkyl halides is 3. The molecular formula is C18H13F4N3O. The van der Waals surface area contributed by atoms with Crippen LogP contribution in [0.3, 0.4) is 0 Å². The molecule has 3 aromatic rings. The molecule has 1 heterocycles. The van der Waals surface area contributed by atoms with E-state index < -0.39 is 23.6 Å². The van der Waals surface area contributed by atoms with Crippen LogP contribution in [0.4, 0.5) is 23.4 Å². The Kier molecular flexibility index (Phi) is 4.50. The fourth-order valence-corrected chi connectivity index (χ4v) is 2.53. The van der Waals surface area contributed by atoms with E-state index in [0.29, 0.717) is 0 Å². The van der Waals surface area contributed by atoms with Crippen molar-refractivity contribution in [3.05, 3.63) is 71.7 Å². The number of hydrogen-bond donors (Lipinski definition) is 1. The summed E-state index contributed by atoms with van der Waals surface area (Å²) in [4.78, 5) is 12.4. The number of hydrogen-bond acceptors (Lipinski definition) is 2. The monoisotopic (exact) mass is 363 g/mol. The SMILES string of the molecule is Cn1nc(C(F)(F)F)c(-c2ccc(F)cc2)c1NC(=O)c1ccccc1. The molecule has 0 aliphatic carbocycles. The minimum Gasteiger partial charge on any atom is -0.306 e. The Morgan fingerprint density at radius 1 is 1.04 bits per heavy atom. The molecule has 1 N–H and O–H groups in total. The third-order valence-corrected chi connectivity index (χ3v) is 3.72. The summed E-state index contributed by atoms with van der Waals surface area (Å²) in [6.07, 6.45) is -4.74. The molecule has 0 atom stereocenters. The molecule has 26 heavy (non-hydrogen) atoms. The van der Waals surface area contributed by atoms with Gasteiger partial charge < -0.3 is 5.32 Å². The van der Waals surface area contributed by atoms with Crippen LogP contribution in [0.5, 0.6) is 0 Å². The normalized spacial score (nSPS) is 11.4. The molecule has 1 aromatic heterocycles. The van der Waals surface area contributed by atoms with E-state index in [4.69, 9.17) is 0 Å². The molecule has 0 saturated carbocycles. The van der Waals surface area contributed by atoms with E-state index in [-0.39, 0.29) is 22.5 Å². The Morgan fingerprint density at radius 3 is 2.23 bits per heavy atom. The summed E-state index contributed by atoms with van der Waals surface area (Å²) in [5.41, 5.74) is -1.10. The van der Waals surface area contributed by atoms with Gasteiger partial charge in [-0.2, -0.15) is 18.3 Å². The van der Waals surface area contributed by atoms with Crippen molar-refractivity contribution in [1.29, 1.82) is 0 Å². The van der Waals surface area contributed by atoms with E-state index in [1.54, 1.807) is 18.2 Å². The van der Waals surface area contributed by atoms with Crippen LogP contribution in [-0.2, 0) is 13.2 Å². The Balaban J connectivity index is 2.11. The molecule has 0 saturated heterocycles. The second-order valence-corrected chi connectivity index (χ2v) is 5.52. The highest BCUT2D eigenvalue weighted by Gasteiger charge is 2.39. The number of aryl methyl sites for hydroxylation is 1. The number of amides is 1. The molecule has 0 fully saturated rings. The molecule has 0 radical (unpaired) electrons. The summed E-state index contributed by atoms with van der Waals surface area (Å²) < 4.78 is 54.3. The van der Waals surface area contributed by atoms with Gasteiger partial charge in [-0.05, 0) is 29.8 Å². The number of halogens is 4. The maximum atomic E-state index is 13.4. The molecule has 134 valence electrons. The predicted molar refractivity (Wildman–Crippen MR) is 88.0 cm³/mol. The second-order valence-electron chi connectivity index (χ2n) is 5.52. The first-order chi connectivity index (χ1) is 12.3. The van der Waals surface area contributed by atoms with Gasteiger partial charge in [-0.1, -0.05) is 30.3 Å². The zero-order valence-corrected chi connectivity index (χ0v) is 13.5. The zero-order chi connectivity index (χ0) is 18.9. The van der Waals surface area contributed by atoms with Crippen LogP contribution < -0.4 is 5.32 Å². The number of benzene rings is 2. The molecule has 0 unspecified atom stereocenters. The second kappa shape index (κ2) is 6.62. The molecule has 4 nitrogen and oxygen atoms in total. The molecule has 0 aliphatic heterocycles. The van der Waals surface area contributed by atoms with E-state index in [0.717, 1.165) is 16.8 Å². The van der Waals surface area contributed by atoms with Crippen molar-refractivity contribution < 1.29 is 22.4 Å². The smallest absolute Gasteiger partial charge is 0.306 e. The van der Waals surface area contributed by atoms with Gasteiger partial charge in [-0.25, -0.2) is 4.39 Å². The summed E-state index contributed by atoms with van der Waals surface area (Å²) in [6, 6.07) is 12.6. The summed E-state index contributed by atoms with van der Waals surface area (Å²) in [5, 5.41) is 5.98. The first kappa shape index (κ1) is 17.7. The largest absolute Gasteiger partial charge is 0.435 e. The van der Waals surface area contributed by atoms with Crippen LogP contribution >= 0.6 is 0 Å². The number of nitrogens with zero attached hydrogens (tertiary/aromatic N) is 2. The molecule has 1 amide bonds. The maximum absolute atomic E-state index is 13.4. The minimum absolute atomic E-state index is 0.0928. The van der Waals surface area contributed by atoms with Crippen LogP contribution in [0.2, 0.25) is 0 Å². The van der Waals surface area contributed by atoms with Crippen LogP contribution in [0.15, 0.2) is 54.6 Å². The fourth-order valence-electron chi connectivity index (χ4n) is 2.53.